The molecule has 2 N–H and O–H groups in total. The number of aromatic amines is 1. The summed E-state index contributed by atoms with van der Waals surface area (Å²) in [6, 6.07) is 15.7. The maximum absolute atomic E-state index is 11.3. The molecule has 3 rings (SSSR count). The molecule has 1 aromatic heterocycles. The maximum atomic E-state index is 11.3. The summed E-state index contributed by atoms with van der Waals surface area (Å²) in [5, 5.41) is 9.71. The van der Waals surface area contributed by atoms with E-state index in [-0.39, 0.29) is 16.2 Å². The first-order chi connectivity index (χ1) is 11.8. The van der Waals surface area contributed by atoms with Crippen LogP contribution in [0.5, 0.6) is 17.4 Å². The summed E-state index contributed by atoms with van der Waals surface area (Å²) in [4.78, 5) is 14.0. The van der Waals surface area contributed by atoms with E-state index < -0.39 is 0 Å². The van der Waals surface area contributed by atoms with Crippen molar-refractivity contribution in [3.8, 4) is 17.4 Å². The molecule has 0 aliphatic carbocycles. The van der Waals surface area contributed by atoms with Gasteiger partial charge in [0.05, 0.1) is 4.88 Å². The van der Waals surface area contributed by atoms with Crippen LogP contribution in [0.4, 0.5) is 0 Å². The van der Waals surface area contributed by atoms with E-state index >= 15 is 0 Å². The third kappa shape index (κ3) is 4.31. The molecule has 130 valence electrons. The molecular formula is C20H21NO3S. The van der Waals surface area contributed by atoms with Gasteiger partial charge >= 0.3 is 4.87 Å². The molecule has 0 saturated heterocycles. The third-order valence-electron chi connectivity index (χ3n) is 3.92. The standard InChI is InChI=1S/C20H21NO3S/c1-20(2,3)14-7-9-15(10-8-14)24-16-6-4-5-13(11-16)12-17-18(22)21-19(23)25-17/h4-11,22H,12H2,1-3H3,(H,21,23). The van der Waals surface area contributed by atoms with Crippen LogP contribution in [0.15, 0.2) is 53.3 Å². The average Bonchev–Trinajstić information content (AvgIpc) is 2.85. The highest BCUT2D eigenvalue weighted by atomic mass is 32.1. The van der Waals surface area contributed by atoms with Crippen LogP contribution in [-0.2, 0) is 11.8 Å². The van der Waals surface area contributed by atoms with Gasteiger partial charge in [-0.05, 0) is 40.8 Å². The Kier molecular flexibility index (Phi) is 4.68. The van der Waals surface area contributed by atoms with Gasteiger partial charge < -0.3 is 9.84 Å². The molecule has 0 atom stereocenters. The van der Waals surface area contributed by atoms with Crippen LogP contribution < -0.4 is 9.61 Å². The summed E-state index contributed by atoms with van der Waals surface area (Å²) in [7, 11) is 0. The van der Waals surface area contributed by atoms with Gasteiger partial charge in [-0.15, -0.1) is 0 Å². The van der Waals surface area contributed by atoms with Gasteiger partial charge in [0, 0.05) is 6.42 Å². The Morgan fingerprint density at radius 1 is 1.08 bits per heavy atom. The molecule has 25 heavy (non-hydrogen) atoms. The van der Waals surface area contributed by atoms with Crippen LogP contribution in [0.2, 0.25) is 0 Å². The van der Waals surface area contributed by atoms with Gasteiger partial charge in [0.2, 0.25) is 5.88 Å². The minimum atomic E-state index is -0.251. The number of aromatic nitrogens is 1. The number of thiazole rings is 1. The molecule has 5 heteroatoms. The first-order valence-electron chi connectivity index (χ1n) is 8.09. The van der Waals surface area contributed by atoms with E-state index in [1.54, 1.807) is 0 Å². The molecule has 3 aromatic rings. The Labute approximate surface area is 150 Å². The van der Waals surface area contributed by atoms with E-state index in [1.165, 1.54) is 5.56 Å². The molecule has 0 aliphatic rings. The second kappa shape index (κ2) is 6.76. The first-order valence-corrected chi connectivity index (χ1v) is 8.91. The second-order valence-electron chi connectivity index (χ2n) is 6.99. The summed E-state index contributed by atoms with van der Waals surface area (Å²) in [5.41, 5.74) is 2.33. The predicted molar refractivity (Wildman–Crippen MR) is 101 cm³/mol. The Bertz CT molecular complexity index is 917. The van der Waals surface area contributed by atoms with Crippen LogP contribution in [0.25, 0.3) is 0 Å². The molecule has 1 heterocycles. The number of hydrogen-bond acceptors (Lipinski definition) is 4. The zero-order valence-corrected chi connectivity index (χ0v) is 15.3. The quantitative estimate of drug-likeness (QED) is 0.705. The number of rotatable bonds is 4. The average molecular weight is 355 g/mol. The highest BCUT2D eigenvalue weighted by Crippen LogP contribution is 2.28. The summed E-state index contributed by atoms with van der Waals surface area (Å²) >= 11 is 1.02. The normalized spacial score (nSPS) is 11.5. The SMILES string of the molecule is CC(C)(C)c1ccc(Oc2cccc(Cc3sc(=O)[nH]c3O)c2)cc1. The van der Waals surface area contributed by atoms with Crippen molar-refractivity contribution in [1.29, 1.82) is 0 Å². The maximum Gasteiger partial charge on any atom is 0.307 e. The van der Waals surface area contributed by atoms with Gasteiger partial charge in [-0.2, -0.15) is 0 Å². The van der Waals surface area contributed by atoms with Gasteiger partial charge in [-0.3, -0.25) is 9.78 Å². The Balaban J connectivity index is 1.75. The van der Waals surface area contributed by atoms with Gasteiger partial charge in [0.1, 0.15) is 11.5 Å². The van der Waals surface area contributed by atoms with Crippen molar-refractivity contribution in [3.63, 3.8) is 0 Å². The van der Waals surface area contributed by atoms with Crippen molar-refractivity contribution in [2.45, 2.75) is 32.6 Å². The highest BCUT2D eigenvalue weighted by molar-refractivity contribution is 7.09. The molecule has 0 spiro atoms. The minimum absolute atomic E-state index is 0.0564. The smallest absolute Gasteiger partial charge is 0.307 e. The van der Waals surface area contributed by atoms with Crippen molar-refractivity contribution >= 4 is 11.3 Å². The molecule has 4 nitrogen and oxygen atoms in total. The molecular weight excluding hydrogens is 334 g/mol. The van der Waals surface area contributed by atoms with Gasteiger partial charge in [0.15, 0.2) is 0 Å². The minimum Gasteiger partial charge on any atom is -0.494 e. The van der Waals surface area contributed by atoms with E-state index in [4.69, 9.17) is 4.74 Å². The van der Waals surface area contributed by atoms with Crippen LogP contribution in [0.1, 0.15) is 36.8 Å². The lowest BCUT2D eigenvalue weighted by atomic mass is 9.87. The molecule has 0 bridgehead atoms. The fraction of sp³-hybridized carbons (Fsp3) is 0.250. The molecule has 2 aromatic carbocycles. The van der Waals surface area contributed by atoms with Gasteiger partial charge in [-0.1, -0.05) is 56.4 Å². The zero-order valence-electron chi connectivity index (χ0n) is 14.5. The summed E-state index contributed by atoms with van der Waals surface area (Å²) in [5.74, 6) is 1.45. The summed E-state index contributed by atoms with van der Waals surface area (Å²) < 4.78 is 5.93. The lowest BCUT2D eigenvalue weighted by Gasteiger charge is -2.19. The van der Waals surface area contributed by atoms with Crippen molar-refractivity contribution in [2.75, 3.05) is 0 Å². The fourth-order valence-corrected chi connectivity index (χ4v) is 3.29. The lowest BCUT2D eigenvalue weighted by Crippen LogP contribution is -2.10. The molecule has 0 unspecified atom stereocenters. The van der Waals surface area contributed by atoms with Crippen LogP contribution >= 0.6 is 11.3 Å². The molecule has 0 amide bonds. The zero-order chi connectivity index (χ0) is 18.0. The number of nitrogens with one attached hydrogen (secondary N) is 1. The van der Waals surface area contributed by atoms with E-state index in [2.05, 4.69) is 37.9 Å². The monoisotopic (exact) mass is 355 g/mol. The van der Waals surface area contributed by atoms with Crippen molar-refractivity contribution < 1.29 is 9.84 Å². The first kappa shape index (κ1) is 17.3. The fourth-order valence-electron chi connectivity index (χ4n) is 2.54. The summed E-state index contributed by atoms with van der Waals surface area (Å²) in [6.45, 7) is 6.53. The number of hydrogen-bond donors (Lipinski definition) is 2. The topological polar surface area (TPSA) is 62.3 Å². The molecule has 0 saturated carbocycles. The van der Waals surface area contributed by atoms with Gasteiger partial charge in [-0.25, -0.2) is 0 Å². The molecule has 0 aliphatic heterocycles. The molecule has 0 fully saturated rings. The van der Waals surface area contributed by atoms with Crippen molar-refractivity contribution in [1.82, 2.24) is 4.98 Å². The Morgan fingerprint density at radius 2 is 1.80 bits per heavy atom. The van der Waals surface area contributed by atoms with Crippen molar-refractivity contribution in [2.24, 2.45) is 0 Å². The largest absolute Gasteiger partial charge is 0.494 e. The van der Waals surface area contributed by atoms with E-state index in [0.29, 0.717) is 11.3 Å². The lowest BCUT2D eigenvalue weighted by molar-refractivity contribution is 0.451. The highest BCUT2D eigenvalue weighted by Gasteiger charge is 2.13. The van der Waals surface area contributed by atoms with E-state index in [1.807, 2.05) is 36.4 Å². The van der Waals surface area contributed by atoms with E-state index in [0.717, 1.165) is 28.4 Å². The van der Waals surface area contributed by atoms with Gasteiger partial charge in [0.25, 0.3) is 0 Å². The third-order valence-corrected chi connectivity index (χ3v) is 4.79. The predicted octanol–water partition coefficient (Wildman–Crippen LogP) is 4.82. The number of H-pyrrole nitrogens is 1. The number of ether oxygens (including phenoxy) is 1. The Morgan fingerprint density at radius 3 is 2.40 bits per heavy atom. The van der Waals surface area contributed by atoms with Crippen LogP contribution in [-0.4, -0.2) is 10.1 Å². The van der Waals surface area contributed by atoms with E-state index in [9.17, 15) is 9.90 Å². The molecule has 0 radical (unpaired) electrons. The van der Waals surface area contributed by atoms with Crippen LogP contribution in [0.3, 0.4) is 0 Å². The Hall–Kier alpha value is -2.53. The number of aromatic hydroxyl groups is 1. The van der Waals surface area contributed by atoms with Crippen molar-refractivity contribution in [3.05, 3.63) is 74.2 Å². The number of benzene rings is 2. The second-order valence-corrected chi connectivity index (χ2v) is 8.05. The summed E-state index contributed by atoms with van der Waals surface area (Å²) in [6.07, 6.45) is 0.482. The van der Waals surface area contributed by atoms with Crippen LogP contribution in [0, 0.1) is 0 Å².